The molecule has 3 heteroatoms. The van der Waals surface area contributed by atoms with E-state index in [-0.39, 0.29) is 17.6 Å². The van der Waals surface area contributed by atoms with Gasteiger partial charge in [0.15, 0.2) is 5.78 Å². The molecule has 0 heterocycles. The van der Waals surface area contributed by atoms with Gasteiger partial charge in [0, 0.05) is 17.2 Å². The fourth-order valence-corrected chi connectivity index (χ4v) is 2.56. The number of ketones is 1. The van der Waals surface area contributed by atoms with Gasteiger partial charge in [0.1, 0.15) is 0 Å². The highest BCUT2D eigenvalue weighted by Crippen LogP contribution is 2.32. The van der Waals surface area contributed by atoms with Crippen molar-refractivity contribution >= 4 is 17.4 Å². The van der Waals surface area contributed by atoms with Crippen molar-refractivity contribution in [2.45, 2.75) is 33.1 Å². The largest absolute Gasteiger partial charge is 0.326 e. The van der Waals surface area contributed by atoms with Crippen LogP contribution in [0.25, 0.3) is 0 Å². The van der Waals surface area contributed by atoms with Crippen LogP contribution in [-0.2, 0) is 4.79 Å². The van der Waals surface area contributed by atoms with Crippen molar-refractivity contribution in [2.75, 3.05) is 5.32 Å². The minimum atomic E-state index is 0.0392. The molecule has 0 bridgehead atoms. The van der Waals surface area contributed by atoms with Gasteiger partial charge in [0.05, 0.1) is 0 Å². The van der Waals surface area contributed by atoms with E-state index in [1.165, 1.54) is 6.92 Å². The number of carbonyl (C=O) groups is 2. The van der Waals surface area contributed by atoms with E-state index in [9.17, 15) is 9.59 Å². The second-order valence-corrected chi connectivity index (χ2v) is 5.14. The third-order valence-electron chi connectivity index (χ3n) is 3.76. The molecular formula is C15H19NO2. The van der Waals surface area contributed by atoms with Gasteiger partial charge in [-0.3, -0.25) is 9.59 Å². The first-order chi connectivity index (χ1) is 8.58. The molecule has 96 valence electrons. The Kier molecular flexibility index (Phi) is 3.80. The second kappa shape index (κ2) is 5.34. The second-order valence-electron chi connectivity index (χ2n) is 5.14. The number of hydrogen-bond donors (Lipinski definition) is 1. The van der Waals surface area contributed by atoms with Crippen LogP contribution in [0.15, 0.2) is 24.3 Å². The first kappa shape index (κ1) is 12.8. The molecule has 0 saturated heterocycles. The van der Waals surface area contributed by atoms with Crippen molar-refractivity contribution in [3.05, 3.63) is 29.8 Å². The van der Waals surface area contributed by atoms with Crippen LogP contribution in [0.2, 0.25) is 0 Å². The molecule has 1 fully saturated rings. The summed E-state index contributed by atoms with van der Waals surface area (Å²) in [7, 11) is 0. The molecule has 3 nitrogen and oxygen atoms in total. The maximum absolute atomic E-state index is 12.1. The fourth-order valence-electron chi connectivity index (χ4n) is 2.56. The van der Waals surface area contributed by atoms with E-state index < -0.39 is 0 Å². The number of carbonyl (C=O) groups excluding carboxylic acids is 2. The van der Waals surface area contributed by atoms with Gasteiger partial charge in [-0.2, -0.15) is 0 Å². The summed E-state index contributed by atoms with van der Waals surface area (Å²) in [6.07, 6.45) is 3.27. The van der Waals surface area contributed by atoms with Gasteiger partial charge in [-0.15, -0.1) is 0 Å². The molecule has 1 amide bonds. The maximum Gasteiger partial charge on any atom is 0.227 e. The molecule has 1 aliphatic rings. The van der Waals surface area contributed by atoms with E-state index in [1.54, 1.807) is 24.3 Å². The number of Topliss-reactive ketones (excluding diaryl/α,β-unsaturated/α-hetero) is 1. The number of amides is 1. The van der Waals surface area contributed by atoms with E-state index in [4.69, 9.17) is 0 Å². The SMILES string of the molecule is CC(=O)c1ccc(NC(=O)C2CCCC2C)cc1. The van der Waals surface area contributed by atoms with E-state index in [1.807, 2.05) is 0 Å². The molecule has 1 aliphatic carbocycles. The van der Waals surface area contributed by atoms with Crippen molar-refractivity contribution in [1.29, 1.82) is 0 Å². The summed E-state index contributed by atoms with van der Waals surface area (Å²) in [5.41, 5.74) is 1.44. The van der Waals surface area contributed by atoms with Gasteiger partial charge in [0.25, 0.3) is 0 Å². The zero-order valence-electron chi connectivity index (χ0n) is 10.9. The average Bonchev–Trinajstić information content (AvgIpc) is 2.76. The van der Waals surface area contributed by atoms with Crippen molar-refractivity contribution < 1.29 is 9.59 Å². The van der Waals surface area contributed by atoms with Crippen molar-refractivity contribution in [3.63, 3.8) is 0 Å². The lowest BCUT2D eigenvalue weighted by molar-refractivity contribution is -0.120. The van der Waals surface area contributed by atoms with Crippen LogP contribution in [0.3, 0.4) is 0 Å². The normalized spacial score (nSPS) is 22.8. The standard InChI is InChI=1S/C15H19NO2/c1-10-4-3-5-14(10)15(18)16-13-8-6-12(7-9-13)11(2)17/h6-10,14H,3-5H2,1-2H3,(H,16,18). The van der Waals surface area contributed by atoms with E-state index in [2.05, 4.69) is 12.2 Å². The molecular weight excluding hydrogens is 226 g/mol. The highest BCUT2D eigenvalue weighted by atomic mass is 16.2. The summed E-state index contributed by atoms with van der Waals surface area (Å²) in [5, 5.41) is 2.93. The highest BCUT2D eigenvalue weighted by Gasteiger charge is 2.29. The topological polar surface area (TPSA) is 46.2 Å². The predicted octanol–water partition coefficient (Wildman–Crippen LogP) is 3.26. The summed E-state index contributed by atoms with van der Waals surface area (Å²) in [6.45, 7) is 3.67. The molecule has 1 saturated carbocycles. The van der Waals surface area contributed by atoms with E-state index in [0.717, 1.165) is 24.9 Å². The number of benzene rings is 1. The summed E-state index contributed by atoms with van der Waals surface area (Å²) in [6, 6.07) is 7.06. The number of hydrogen-bond acceptors (Lipinski definition) is 2. The molecule has 18 heavy (non-hydrogen) atoms. The molecule has 0 radical (unpaired) electrons. The Morgan fingerprint density at radius 2 is 1.83 bits per heavy atom. The zero-order chi connectivity index (χ0) is 13.1. The molecule has 1 aromatic rings. The number of rotatable bonds is 3. The van der Waals surface area contributed by atoms with Crippen molar-refractivity contribution in [3.8, 4) is 0 Å². The van der Waals surface area contributed by atoms with Gasteiger partial charge in [-0.1, -0.05) is 13.3 Å². The third-order valence-corrected chi connectivity index (χ3v) is 3.76. The van der Waals surface area contributed by atoms with Gasteiger partial charge in [-0.05, 0) is 49.9 Å². The van der Waals surface area contributed by atoms with Crippen LogP contribution < -0.4 is 5.32 Å². The molecule has 2 atom stereocenters. The summed E-state index contributed by atoms with van der Waals surface area (Å²) >= 11 is 0. The van der Waals surface area contributed by atoms with Crippen LogP contribution in [-0.4, -0.2) is 11.7 Å². The van der Waals surface area contributed by atoms with Gasteiger partial charge < -0.3 is 5.32 Å². The summed E-state index contributed by atoms with van der Waals surface area (Å²) < 4.78 is 0. The monoisotopic (exact) mass is 245 g/mol. The quantitative estimate of drug-likeness (QED) is 0.831. The minimum Gasteiger partial charge on any atom is -0.326 e. The number of anilines is 1. The smallest absolute Gasteiger partial charge is 0.227 e. The molecule has 0 aliphatic heterocycles. The lowest BCUT2D eigenvalue weighted by Crippen LogP contribution is -2.24. The van der Waals surface area contributed by atoms with Crippen LogP contribution in [0.4, 0.5) is 5.69 Å². The Labute approximate surface area is 108 Å². The molecule has 2 unspecified atom stereocenters. The fraction of sp³-hybridized carbons (Fsp3) is 0.467. The maximum atomic E-state index is 12.1. The van der Waals surface area contributed by atoms with E-state index in [0.29, 0.717) is 11.5 Å². The molecule has 0 aromatic heterocycles. The average molecular weight is 245 g/mol. The molecule has 1 aromatic carbocycles. The van der Waals surface area contributed by atoms with Crippen molar-refractivity contribution in [2.24, 2.45) is 11.8 Å². The van der Waals surface area contributed by atoms with Crippen LogP contribution in [0.1, 0.15) is 43.5 Å². The Morgan fingerprint density at radius 1 is 1.17 bits per heavy atom. The van der Waals surface area contributed by atoms with Gasteiger partial charge in [-0.25, -0.2) is 0 Å². The van der Waals surface area contributed by atoms with Gasteiger partial charge in [0.2, 0.25) is 5.91 Å². The molecule has 2 rings (SSSR count). The molecule has 0 spiro atoms. The van der Waals surface area contributed by atoms with Crippen LogP contribution in [0, 0.1) is 11.8 Å². The first-order valence-electron chi connectivity index (χ1n) is 6.50. The highest BCUT2D eigenvalue weighted by molar-refractivity contribution is 5.96. The lowest BCUT2D eigenvalue weighted by Gasteiger charge is -2.15. The van der Waals surface area contributed by atoms with Gasteiger partial charge >= 0.3 is 0 Å². The molecule has 1 N–H and O–H groups in total. The van der Waals surface area contributed by atoms with Crippen LogP contribution in [0.5, 0.6) is 0 Å². The first-order valence-corrected chi connectivity index (χ1v) is 6.50. The number of nitrogens with one attached hydrogen (secondary N) is 1. The lowest BCUT2D eigenvalue weighted by atomic mass is 9.97. The summed E-state index contributed by atoms with van der Waals surface area (Å²) in [5.74, 6) is 0.756. The minimum absolute atomic E-state index is 0.0392. The van der Waals surface area contributed by atoms with Crippen molar-refractivity contribution in [1.82, 2.24) is 0 Å². The van der Waals surface area contributed by atoms with Crippen LogP contribution >= 0.6 is 0 Å². The summed E-state index contributed by atoms with van der Waals surface area (Å²) in [4.78, 5) is 23.2. The zero-order valence-corrected chi connectivity index (χ0v) is 10.9. The Bertz CT molecular complexity index is 450. The Hall–Kier alpha value is -1.64. The predicted molar refractivity (Wildman–Crippen MR) is 71.6 cm³/mol. The Morgan fingerprint density at radius 3 is 2.33 bits per heavy atom. The van der Waals surface area contributed by atoms with E-state index >= 15 is 0 Å². The Balaban J connectivity index is 2.00. The third kappa shape index (κ3) is 2.78.